The van der Waals surface area contributed by atoms with E-state index in [1.165, 1.54) is 0 Å². The van der Waals surface area contributed by atoms with Gasteiger partial charge in [0.15, 0.2) is 0 Å². The minimum Gasteiger partial charge on any atom is -0.492 e. The summed E-state index contributed by atoms with van der Waals surface area (Å²) in [6.07, 6.45) is 0. The van der Waals surface area contributed by atoms with Crippen LogP contribution >= 0.6 is 24.0 Å². The number of hydrogen-bond donors (Lipinski definition) is 1. The lowest BCUT2D eigenvalue weighted by Gasteiger charge is -2.34. The SMILES string of the molecule is Cl.NCc1ccc(C(=O)N2CCN(CCOc3ccc(Cl)cc3)CC2)cc1. The van der Waals surface area contributed by atoms with Gasteiger partial charge in [-0.05, 0) is 42.0 Å². The van der Waals surface area contributed by atoms with Gasteiger partial charge in [-0.15, -0.1) is 12.4 Å². The minimum atomic E-state index is 0. The second-order valence-electron chi connectivity index (χ2n) is 6.34. The Hall–Kier alpha value is -1.79. The number of nitrogens with two attached hydrogens (primary N) is 1. The smallest absolute Gasteiger partial charge is 0.253 e. The van der Waals surface area contributed by atoms with E-state index in [-0.39, 0.29) is 18.3 Å². The summed E-state index contributed by atoms with van der Waals surface area (Å²) < 4.78 is 5.74. The van der Waals surface area contributed by atoms with Crippen molar-refractivity contribution in [1.82, 2.24) is 9.80 Å². The molecule has 1 fully saturated rings. The first-order chi connectivity index (χ1) is 12.7. The number of ether oxygens (including phenoxy) is 1. The van der Waals surface area contributed by atoms with E-state index in [1.54, 1.807) is 0 Å². The van der Waals surface area contributed by atoms with Gasteiger partial charge in [-0.25, -0.2) is 0 Å². The van der Waals surface area contributed by atoms with Gasteiger partial charge in [-0.3, -0.25) is 9.69 Å². The Bertz CT molecular complexity index is 715. The second-order valence-corrected chi connectivity index (χ2v) is 6.77. The highest BCUT2D eigenvalue weighted by Gasteiger charge is 2.21. The molecule has 146 valence electrons. The zero-order chi connectivity index (χ0) is 18.4. The zero-order valence-corrected chi connectivity index (χ0v) is 16.7. The van der Waals surface area contributed by atoms with Crippen molar-refractivity contribution in [3.8, 4) is 5.75 Å². The Morgan fingerprint density at radius 1 is 1.00 bits per heavy atom. The standard InChI is InChI=1S/C20H24ClN3O2.ClH/c21-18-5-7-19(8-6-18)26-14-13-23-9-11-24(12-10-23)20(25)17-3-1-16(15-22)2-4-17;/h1-8H,9-15,22H2;1H. The monoisotopic (exact) mass is 409 g/mol. The van der Waals surface area contributed by atoms with Crippen molar-refractivity contribution < 1.29 is 9.53 Å². The molecule has 0 radical (unpaired) electrons. The number of halogens is 2. The van der Waals surface area contributed by atoms with Crippen LogP contribution < -0.4 is 10.5 Å². The van der Waals surface area contributed by atoms with Crippen molar-refractivity contribution in [2.75, 3.05) is 39.3 Å². The highest BCUT2D eigenvalue weighted by Crippen LogP contribution is 2.15. The molecular formula is C20H25Cl2N3O2. The van der Waals surface area contributed by atoms with Gasteiger partial charge in [-0.1, -0.05) is 23.7 Å². The molecule has 0 aromatic heterocycles. The van der Waals surface area contributed by atoms with E-state index in [9.17, 15) is 4.79 Å². The predicted octanol–water partition coefficient (Wildman–Crippen LogP) is 3.06. The maximum Gasteiger partial charge on any atom is 0.253 e. The maximum atomic E-state index is 12.6. The summed E-state index contributed by atoms with van der Waals surface area (Å²) in [5, 5.41) is 0.704. The molecule has 0 saturated carbocycles. The molecule has 7 heteroatoms. The van der Waals surface area contributed by atoms with Crippen LogP contribution in [0.3, 0.4) is 0 Å². The van der Waals surface area contributed by atoms with Crippen molar-refractivity contribution in [1.29, 1.82) is 0 Å². The molecule has 1 heterocycles. The topological polar surface area (TPSA) is 58.8 Å². The number of carbonyl (C=O) groups is 1. The van der Waals surface area contributed by atoms with Crippen LogP contribution in [0.4, 0.5) is 0 Å². The lowest BCUT2D eigenvalue weighted by molar-refractivity contribution is 0.0620. The van der Waals surface area contributed by atoms with E-state index >= 15 is 0 Å². The fourth-order valence-electron chi connectivity index (χ4n) is 2.96. The van der Waals surface area contributed by atoms with Crippen LogP contribution in [0.2, 0.25) is 5.02 Å². The Morgan fingerprint density at radius 2 is 1.63 bits per heavy atom. The third kappa shape index (κ3) is 6.11. The van der Waals surface area contributed by atoms with Crippen LogP contribution in [-0.2, 0) is 6.54 Å². The first-order valence-electron chi connectivity index (χ1n) is 8.85. The molecule has 2 aromatic rings. The van der Waals surface area contributed by atoms with Crippen LogP contribution in [0, 0.1) is 0 Å². The number of benzene rings is 2. The van der Waals surface area contributed by atoms with Gasteiger partial charge in [0.1, 0.15) is 12.4 Å². The number of amides is 1. The third-order valence-corrected chi connectivity index (χ3v) is 4.84. The summed E-state index contributed by atoms with van der Waals surface area (Å²) in [6.45, 7) is 5.14. The average Bonchev–Trinajstić information content (AvgIpc) is 2.69. The van der Waals surface area contributed by atoms with E-state index < -0.39 is 0 Å². The first kappa shape index (κ1) is 21.5. The summed E-state index contributed by atoms with van der Waals surface area (Å²) in [6, 6.07) is 14.9. The summed E-state index contributed by atoms with van der Waals surface area (Å²) >= 11 is 5.86. The first-order valence-corrected chi connectivity index (χ1v) is 9.22. The molecule has 0 aliphatic carbocycles. The molecule has 3 rings (SSSR count). The van der Waals surface area contributed by atoms with Crippen molar-refractivity contribution in [2.45, 2.75) is 6.54 Å². The van der Waals surface area contributed by atoms with Crippen LogP contribution in [0.25, 0.3) is 0 Å². The second kappa shape index (κ2) is 10.5. The van der Waals surface area contributed by atoms with Crippen molar-refractivity contribution in [3.05, 3.63) is 64.7 Å². The van der Waals surface area contributed by atoms with Gasteiger partial charge < -0.3 is 15.4 Å². The minimum absolute atomic E-state index is 0. The van der Waals surface area contributed by atoms with Gasteiger partial charge in [-0.2, -0.15) is 0 Å². The summed E-state index contributed by atoms with van der Waals surface area (Å²) in [4.78, 5) is 16.8. The molecule has 0 unspecified atom stereocenters. The highest BCUT2D eigenvalue weighted by molar-refractivity contribution is 6.30. The molecule has 1 aliphatic heterocycles. The lowest BCUT2D eigenvalue weighted by atomic mass is 10.1. The summed E-state index contributed by atoms with van der Waals surface area (Å²) in [5.74, 6) is 0.912. The molecule has 0 atom stereocenters. The molecule has 2 N–H and O–H groups in total. The number of nitrogens with zero attached hydrogens (tertiary/aromatic N) is 2. The molecule has 1 saturated heterocycles. The average molecular weight is 410 g/mol. The van der Waals surface area contributed by atoms with E-state index in [1.807, 2.05) is 53.4 Å². The molecule has 1 aliphatic rings. The molecule has 1 amide bonds. The molecular weight excluding hydrogens is 385 g/mol. The van der Waals surface area contributed by atoms with Gasteiger partial charge >= 0.3 is 0 Å². The Morgan fingerprint density at radius 3 is 2.22 bits per heavy atom. The predicted molar refractivity (Wildman–Crippen MR) is 111 cm³/mol. The third-order valence-electron chi connectivity index (χ3n) is 4.59. The van der Waals surface area contributed by atoms with Gasteiger partial charge in [0.25, 0.3) is 5.91 Å². The van der Waals surface area contributed by atoms with Crippen LogP contribution in [0.15, 0.2) is 48.5 Å². The van der Waals surface area contributed by atoms with E-state index in [0.717, 1.165) is 49.6 Å². The fourth-order valence-corrected chi connectivity index (χ4v) is 3.09. The molecule has 0 bridgehead atoms. The number of piperazine rings is 1. The quantitative estimate of drug-likeness (QED) is 0.796. The number of rotatable bonds is 6. The fraction of sp³-hybridized carbons (Fsp3) is 0.350. The Kier molecular flexibility index (Phi) is 8.38. The number of hydrogen-bond acceptors (Lipinski definition) is 4. The van der Waals surface area contributed by atoms with Crippen molar-refractivity contribution >= 4 is 29.9 Å². The maximum absolute atomic E-state index is 12.6. The van der Waals surface area contributed by atoms with E-state index in [4.69, 9.17) is 22.1 Å². The van der Waals surface area contributed by atoms with Gasteiger partial charge in [0.2, 0.25) is 0 Å². The lowest BCUT2D eigenvalue weighted by Crippen LogP contribution is -2.49. The summed E-state index contributed by atoms with van der Waals surface area (Å²) in [5.41, 5.74) is 7.36. The van der Waals surface area contributed by atoms with E-state index in [2.05, 4.69) is 4.90 Å². The van der Waals surface area contributed by atoms with Crippen LogP contribution in [0.5, 0.6) is 5.75 Å². The molecule has 2 aromatic carbocycles. The largest absolute Gasteiger partial charge is 0.492 e. The highest BCUT2D eigenvalue weighted by atomic mass is 35.5. The van der Waals surface area contributed by atoms with Crippen molar-refractivity contribution in [3.63, 3.8) is 0 Å². The Labute approximate surface area is 171 Å². The molecule has 5 nitrogen and oxygen atoms in total. The zero-order valence-electron chi connectivity index (χ0n) is 15.1. The van der Waals surface area contributed by atoms with E-state index in [0.29, 0.717) is 18.2 Å². The van der Waals surface area contributed by atoms with Gasteiger partial charge in [0, 0.05) is 49.9 Å². The molecule has 0 spiro atoms. The van der Waals surface area contributed by atoms with Crippen molar-refractivity contribution in [2.24, 2.45) is 5.73 Å². The summed E-state index contributed by atoms with van der Waals surface area (Å²) in [7, 11) is 0. The molecule has 27 heavy (non-hydrogen) atoms. The van der Waals surface area contributed by atoms with Crippen LogP contribution in [-0.4, -0.2) is 55.0 Å². The van der Waals surface area contributed by atoms with Crippen LogP contribution in [0.1, 0.15) is 15.9 Å². The Balaban J connectivity index is 0.00000261. The number of carbonyl (C=O) groups excluding carboxylic acids is 1. The normalized spacial score (nSPS) is 14.5. The van der Waals surface area contributed by atoms with Gasteiger partial charge in [0.05, 0.1) is 0 Å².